The van der Waals surface area contributed by atoms with Crippen molar-refractivity contribution in [3.8, 4) is 0 Å². The van der Waals surface area contributed by atoms with Crippen LogP contribution in [0.2, 0.25) is 0 Å². The molecule has 0 aromatic heterocycles. The van der Waals surface area contributed by atoms with E-state index in [1.165, 1.54) is 13.8 Å². The molecule has 1 unspecified atom stereocenters. The summed E-state index contributed by atoms with van der Waals surface area (Å²) in [6, 6.07) is 0. The van der Waals surface area contributed by atoms with Crippen molar-refractivity contribution in [2.75, 3.05) is 6.61 Å². The van der Waals surface area contributed by atoms with Crippen LogP contribution in [0.1, 0.15) is 33.6 Å². The Balaban J connectivity index is 2.83. The molecule has 1 aliphatic heterocycles. The lowest BCUT2D eigenvalue weighted by molar-refractivity contribution is -0.253. The van der Waals surface area contributed by atoms with Crippen LogP contribution in [0, 0.1) is 0 Å². The molecule has 0 spiro atoms. The number of carbonyl (C=O) groups excluding carboxylic acids is 3. The number of hydrogen-bond acceptors (Lipinski definition) is 8. The summed E-state index contributed by atoms with van der Waals surface area (Å²) in [7, 11) is 0. The Hall–Kier alpha value is -1.67. The molecular weight excluding hydrogens is 284 g/mol. The molecule has 0 bridgehead atoms. The van der Waals surface area contributed by atoms with Gasteiger partial charge in [-0.2, -0.15) is 0 Å². The van der Waals surface area contributed by atoms with Gasteiger partial charge in [-0.1, -0.05) is 6.92 Å². The van der Waals surface area contributed by atoms with Crippen LogP contribution in [0.15, 0.2) is 0 Å². The Bertz CT molecular complexity index is 394. The first-order valence-corrected chi connectivity index (χ1v) is 6.67. The van der Waals surface area contributed by atoms with Gasteiger partial charge in [-0.05, 0) is 0 Å². The Kier molecular flexibility index (Phi) is 6.57. The third-order valence-corrected chi connectivity index (χ3v) is 2.82. The normalized spacial score (nSPS) is 28.6. The van der Waals surface area contributed by atoms with E-state index in [1.807, 2.05) is 0 Å². The maximum Gasteiger partial charge on any atom is 0.305 e. The van der Waals surface area contributed by atoms with Gasteiger partial charge < -0.3 is 24.1 Å². The maximum absolute atomic E-state index is 11.4. The lowest BCUT2D eigenvalue weighted by Gasteiger charge is -2.38. The van der Waals surface area contributed by atoms with E-state index < -0.39 is 42.5 Å². The van der Waals surface area contributed by atoms with Crippen LogP contribution in [-0.2, 0) is 33.3 Å². The molecule has 120 valence electrons. The van der Waals surface area contributed by atoms with Gasteiger partial charge in [-0.25, -0.2) is 0 Å². The first-order chi connectivity index (χ1) is 9.83. The standard InChI is InChI=1S/C13H20O8/c1-4-11(16)20-9-5-12(17)21-10(6-18-7(2)14)13(9)19-8(3)15/h9-10,12-13,17H,4-6H2,1-3H3/t9-,10-,12?,13+/m1/s1. The highest BCUT2D eigenvalue weighted by atomic mass is 16.7. The van der Waals surface area contributed by atoms with Crippen LogP contribution in [0.4, 0.5) is 0 Å². The van der Waals surface area contributed by atoms with Crippen LogP contribution >= 0.6 is 0 Å². The van der Waals surface area contributed by atoms with E-state index in [0.717, 1.165) is 0 Å². The average molecular weight is 304 g/mol. The van der Waals surface area contributed by atoms with E-state index >= 15 is 0 Å². The molecule has 1 N–H and O–H groups in total. The average Bonchev–Trinajstić information content (AvgIpc) is 2.38. The van der Waals surface area contributed by atoms with Gasteiger partial charge >= 0.3 is 17.9 Å². The Morgan fingerprint density at radius 1 is 1.19 bits per heavy atom. The molecule has 0 aliphatic carbocycles. The van der Waals surface area contributed by atoms with Gasteiger partial charge in [0.1, 0.15) is 18.8 Å². The van der Waals surface area contributed by atoms with Crippen molar-refractivity contribution in [3.05, 3.63) is 0 Å². The van der Waals surface area contributed by atoms with Crippen LogP contribution in [0.25, 0.3) is 0 Å². The number of aliphatic hydroxyl groups is 1. The zero-order valence-electron chi connectivity index (χ0n) is 12.2. The second kappa shape index (κ2) is 7.94. The summed E-state index contributed by atoms with van der Waals surface area (Å²) in [5.74, 6) is -1.62. The van der Waals surface area contributed by atoms with Gasteiger partial charge in [0.15, 0.2) is 12.4 Å². The molecule has 1 heterocycles. The van der Waals surface area contributed by atoms with Gasteiger partial charge in [-0.15, -0.1) is 0 Å². The number of hydrogen-bond donors (Lipinski definition) is 1. The molecule has 0 aromatic carbocycles. The number of rotatable bonds is 5. The maximum atomic E-state index is 11.4. The van der Waals surface area contributed by atoms with Gasteiger partial charge in [0.2, 0.25) is 0 Å². The second-order valence-corrected chi connectivity index (χ2v) is 4.62. The number of aliphatic hydroxyl groups excluding tert-OH is 1. The van der Waals surface area contributed by atoms with Gasteiger partial charge in [0, 0.05) is 26.7 Å². The highest BCUT2D eigenvalue weighted by Gasteiger charge is 2.43. The van der Waals surface area contributed by atoms with Crippen LogP contribution < -0.4 is 0 Å². The van der Waals surface area contributed by atoms with Gasteiger partial charge in [0.25, 0.3) is 0 Å². The molecule has 8 heteroatoms. The largest absolute Gasteiger partial charge is 0.463 e. The fourth-order valence-corrected chi connectivity index (χ4v) is 1.95. The number of carbonyl (C=O) groups is 3. The van der Waals surface area contributed by atoms with Crippen LogP contribution in [-0.4, -0.2) is 54.2 Å². The molecule has 0 amide bonds. The zero-order chi connectivity index (χ0) is 16.0. The highest BCUT2D eigenvalue weighted by molar-refractivity contribution is 5.69. The second-order valence-electron chi connectivity index (χ2n) is 4.62. The minimum atomic E-state index is -1.20. The first kappa shape index (κ1) is 17.4. The minimum absolute atomic E-state index is 0.0275. The molecule has 21 heavy (non-hydrogen) atoms. The Morgan fingerprint density at radius 2 is 1.86 bits per heavy atom. The van der Waals surface area contributed by atoms with Crippen molar-refractivity contribution in [1.29, 1.82) is 0 Å². The first-order valence-electron chi connectivity index (χ1n) is 6.67. The highest BCUT2D eigenvalue weighted by Crippen LogP contribution is 2.25. The summed E-state index contributed by atoms with van der Waals surface area (Å²) in [4.78, 5) is 33.5. The zero-order valence-corrected chi connectivity index (χ0v) is 12.2. The molecule has 8 nitrogen and oxygen atoms in total. The summed E-state index contributed by atoms with van der Waals surface area (Å²) < 4.78 is 20.3. The third-order valence-electron chi connectivity index (χ3n) is 2.82. The molecule has 4 atom stereocenters. The Labute approximate surface area is 122 Å². The van der Waals surface area contributed by atoms with Crippen molar-refractivity contribution in [2.45, 2.75) is 58.2 Å². The lowest BCUT2D eigenvalue weighted by atomic mass is 10.0. The summed E-state index contributed by atoms with van der Waals surface area (Å²) >= 11 is 0. The predicted molar refractivity (Wildman–Crippen MR) is 67.9 cm³/mol. The summed E-state index contributed by atoms with van der Waals surface area (Å²) in [5.41, 5.74) is 0. The number of ether oxygens (including phenoxy) is 4. The minimum Gasteiger partial charge on any atom is -0.463 e. The predicted octanol–water partition coefficient (Wildman–Crippen LogP) is -0.0897. The molecule has 1 saturated heterocycles. The molecule has 0 saturated carbocycles. The smallest absolute Gasteiger partial charge is 0.305 e. The van der Waals surface area contributed by atoms with Crippen LogP contribution in [0.3, 0.4) is 0 Å². The number of esters is 3. The Morgan fingerprint density at radius 3 is 2.38 bits per heavy atom. The molecular formula is C13H20O8. The monoisotopic (exact) mass is 304 g/mol. The van der Waals surface area contributed by atoms with Crippen molar-refractivity contribution in [3.63, 3.8) is 0 Å². The molecule has 0 aromatic rings. The van der Waals surface area contributed by atoms with E-state index in [9.17, 15) is 19.5 Å². The van der Waals surface area contributed by atoms with Crippen molar-refractivity contribution in [2.24, 2.45) is 0 Å². The summed E-state index contributed by atoms with van der Waals surface area (Å²) in [5, 5.41) is 9.66. The summed E-state index contributed by atoms with van der Waals surface area (Å²) in [6.07, 6.45) is -3.79. The third kappa shape index (κ3) is 5.68. The van der Waals surface area contributed by atoms with E-state index in [-0.39, 0.29) is 19.4 Å². The van der Waals surface area contributed by atoms with E-state index in [1.54, 1.807) is 6.92 Å². The fourth-order valence-electron chi connectivity index (χ4n) is 1.95. The topological polar surface area (TPSA) is 108 Å². The molecule has 1 rings (SSSR count). The van der Waals surface area contributed by atoms with E-state index in [0.29, 0.717) is 0 Å². The summed E-state index contributed by atoms with van der Waals surface area (Å²) in [6.45, 7) is 3.82. The molecule has 0 radical (unpaired) electrons. The van der Waals surface area contributed by atoms with Crippen molar-refractivity contribution >= 4 is 17.9 Å². The van der Waals surface area contributed by atoms with Crippen molar-refractivity contribution < 1.29 is 38.4 Å². The molecule has 1 aliphatic rings. The quantitative estimate of drug-likeness (QED) is 0.554. The van der Waals surface area contributed by atoms with Crippen LogP contribution in [0.5, 0.6) is 0 Å². The van der Waals surface area contributed by atoms with Gasteiger partial charge in [0.05, 0.1) is 0 Å². The van der Waals surface area contributed by atoms with E-state index in [2.05, 4.69) is 0 Å². The van der Waals surface area contributed by atoms with Crippen molar-refractivity contribution in [1.82, 2.24) is 0 Å². The van der Waals surface area contributed by atoms with E-state index in [4.69, 9.17) is 18.9 Å². The molecule has 1 fully saturated rings. The fraction of sp³-hybridized carbons (Fsp3) is 0.769. The van der Waals surface area contributed by atoms with Gasteiger partial charge in [-0.3, -0.25) is 14.4 Å². The SMILES string of the molecule is CCC(=O)O[C@@H]1CC(O)O[C@H](COC(C)=O)[C@H]1OC(C)=O. The lowest BCUT2D eigenvalue weighted by Crippen LogP contribution is -2.53.